The van der Waals surface area contributed by atoms with Gasteiger partial charge in [-0.2, -0.15) is 0 Å². The van der Waals surface area contributed by atoms with Gasteiger partial charge in [-0.05, 0) is 43.7 Å². The standard InChI is InChI=1S/C20H22FN3O2/c1-15-5-2-6-16(13-15)19(25)23-9-4-10-24(12-11-23)20(26)22-18-8-3-7-17(21)14-18/h2-3,5-8,13-14H,4,9-12H2,1H3,(H,22,26). The minimum absolute atomic E-state index is 0.0129. The van der Waals surface area contributed by atoms with Crippen LogP contribution in [0.25, 0.3) is 0 Å². The molecule has 0 saturated carbocycles. The van der Waals surface area contributed by atoms with E-state index in [1.54, 1.807) is 21.9 Å². The summed E-state index contributed by atoms with van der Waals surface area (Å²) >= 11 is 0. The van der Waals surface area contributed by atoms with Crippen molar-refractivity contribution in [2.45, 2.75) is 13.3 Å². The van der Waals surface area contributed by atoms with E-state index in [-0.39, 0.29) is 11.9 Å². The van der Waals surface area contributed by atoms with Gasteiger partial charge in [-0.15, -0.1) is 0 Å². The number of carbonyl (C=O) groups is 2. The number of urea groups is 1. The lowest BCUT2D eigenvalue weighted by Gasteiger charge is -2.22. The average molecular weight is 355 g/mol. The maximum atomic E-state index is 13.2. The molecule has 0 spiro atoms. The maximum absolute atomic E-state index is 13.2. The Morgan fingerprint density at radius 1 is 0.962 bits per heavy atom. The second-order valence-electron chi connectivity index (χ2n) is 6.44. The van der Waals surface area contributed by atoms with E-state index >= 15 is 0 Å². The number of nitrogens with zero attached hydrogens (tertiary/aromatic N) is 2. The highest BCUT2D eigenvalue weighted by molar-refractivity contribution is 5.94. The van der Waals surface area contributed by atoms with Gasteiger partial charge in [-0.1, -0.05) is 23.8 Å². The number of rotatable bonds is 2. The molecule has 1 saturated heterocycles. The molecule has 0 bridgehead atoms. The lowest BCUT2D eigenvalue weighted by molar-refractivity contribution is 0.0762. The van der Waals surface area contributed by atoms with Crippen LogP contribution >= 0.6 is 0 Å². The summed E-state index contributed by atoms with van der Waals surface area (Å²) in [6.07, 6.45) is 0.703. The minimum Gasteiger partial charge on any atom is -0.337 e. The molecule has 0 aliphatic carbocycles. The lowest BCUT2D eigenvalue weighted by Crippen LogP contribution is -2.39. The summed E-state index contributed by atoms with van der Waals surface area (Å²) in [7, 11) is 0. The normalized spacial score (nSPS) is 14.7. The Labute approximate surface area is 152 Å². The number of hydrogen-bond acceptors (Lipinski definition) is 2. The highest BCUT2D eigenvalue weighted by atomic mass is 19.1. The van der Waals surface area contributed by atoms with Gasteiger partial charge in [0.15, 0.2) is 0 Å². The molecular formula is C20H22FN3O2. The summed E-state index contributed by atoms with van der Waals surface area (Å²) < 4.78 is 13.2. The Morgan fingerprint density at radius 3 is 2.46 bits per heavy atom. The van der Waals surface area contributed by atoms with E-state index in [1.165, 1.54) is 12.1 Å². The molecule has 5 nitrogen and oxygen atoms in total. The minimum atomic E-state index is -0.395. The van der Waals surface area contributed by atoms with E-state index in [2.05, 4.69) is 5.32 Å². The first-order valence-electron chi connectivity index (χ1n) is 8.70. The van der Waals surface area contributed by atoms with Crippen molar-refractivity contribution in [3.05, 3.63) is 65.5 Å². The van der Waals surface area contributed by atoms with E-state index in [4.69, 9.17) is 0 Å². The Morgan fingerprint density at radius 2 is 1.69 bits per heavy atom. The number of hydrogen-bond donors (Lipinski definition) is 1. The maximum Gasteiger partial charge on any atom is 0.321 e. The second kappa shape index (κ2) is 7.99. The average Bonchev–Trinajstić information content (AvgIpc) is 2.87. The van der Waals surface area contributed by atoms with E-state index < -0.39 is 5.82 Å². The molecule has 2 aromatic rings. The third-order valence-electron chi connectivity index (χ3n) is 4.41. The number of carbonyl (C=O) groups excluding carboxylic acids is 2. The molecule has 1 fully saturated rings. The van der Waals surface area contributed by atoms with Crippen molar-refractivity contribution in [3.63, 3.8) is 0 Å². The largest absolute Gasteiger partial charge is 0.337 e. The molecule has 26 heavy (non-hydrogen) atoms. The van der Waals surface area contributed by atoms with Crippen molar-refractivity contribution in [3.8, 4) is 0 Å². The molecular weight excluding hydrogens is 333 g/mol. The summed E-state index contributed by atoms with van der Waals surface area (Å²) in [5.74, 6) is -0.408. The van der Waals surface area contributed by atoms with Gasteiger partial charge in [0.1, 0.15) is 5.82 Å². The number of halogens is 1. The fourth-order valence-electron chi connectivity index (χ4n) is 3.05. The summed E-state index contributed by atoms with van der Waals surface area (Å²) in [5.41, 5.74) is 2.14. The fraction of sp³-hybridized carbons (Fsp3) is 0.300. The van der Waals surface area contributed by atoms with Crippen LogP contribution in [-0.2, 0) is 0 Å². The fourth-order valence-corrected chi connectivity index (χ4v) is 3.05. The van der Waals surface area contributed by atoms with Crippen molar-refractivity contribution in [2.75, 3.05) is 31.5 Å². The Kier molecular flexibility index (Phi) is 5.51. The third-order valence-corrected chi connectivity index (χ3v) is 4.41. The smallest absolute Gasteiger partial charge is 0.321 e. The summed E-state index contributed by atoms with van der Waals surface area (Å²) in [6, 6.07) is 13.1. The van der Waals surface area contributed by atoms with Gasteiger partial charge in [-0.3, -0.25) is 4.79 Å². The van der Waals surface area contributed by atoms with Gasteiger partial charge in [0.25, 0.3) is 5.91 Å². The lowest BCUT2D eigenvalue weighted by atomic mass is 10.1. The molecule has 0 unspecified atom stereocenters. The number of amides is 3. The molecule has 1 aliphatic rings. The van der Waals surface area contributed by atoms with Crippen LogP contribution < -0.4 is 5.32 Å². The molecule has 0 atom stereocenters. The van der Waals surface area contributed by atoms with E-state index in [0.717, 1.165) is 5.56 Å². The second-order valence-corrected chi connectivity index (χ2v) is 6.44. The summed E-state index contributed by atoms with van der Waals surface area (Å²) in [6.45, 7) is 4.04. The number of anilines is 1. The van der Waals surface area contributed by atoms with Crippen molar-refractivity contribution in [2.24, 2.45) is 0 Å². The Balaban J connectivity index is 1.61. The van der Waals surface area contributed by atoms with Crippen LogP contribution in [0, 0.1) is 12.7 Å². The molecule has 1 aliphatic heterocycles. The van der Waals surface area contributed by atoms with E-state index in [0.29, 0.717) is 43.9 Å². The summed E-state index contributed by atoms with van der Waals surface area (Å²) in [4.78, 5) is 28.5. The van der Waals surface area contributed by atoms with Crippen LogP contribution in [0.1, 0.15) is 22.3 Å². The van der Waals surface area contributed by atoms with E-state index in [9.17, 15) is 14.0 Å². The molecule has 1 heterocycles. The molecule has 3 rings (SSSR count). The molecule has 3 amide bonds. The SMILES string of the molecule is Cc1cccc(C(=O)N2CCCN(C(=O)Nc3cccc(F)c3)CC2)c1. The quantitative estimate of drug-likeness (QED) is 0.896. The zero-order chi connectivity index (χ0) is 18.5. The van der Waals surface area contributed by atoms with Gasteiger partial charge >= 0.3 is 6.03 Å². The zero-order valence-electron chi connectivity index (χ0n) is 14.7. The van der Waals surface area contributed by atoms with Gasteiger partial charge in [0.2, 0.25) is 0 Å². The van der Waals surface area contributed by atoms with Gasteiger partial charge < -0.3 is 15.1 Å². The molecule has 6 heteroatoms. The Hall–Kier alpha value is -2.89. The first kappa shape index (κ1) is 17.9. The highest BCUT2D eigenvalue weighted by Crippen LogP contribution is 2.13. The van der Waals surface area contributed by atoms with Gasteiger partial charge in [0.05, 0.1) is 0 Å². The van der Waals surface area contributed by atoms with Crippen molar-refractivity contribution < 1.29 is 14.0 Å². The predicted octanol–water partition coefficient (Wildman–Crippen LogP) is 3.51. The van der Waals surface area contributed by atoms with Crippen molar-refractivity contribution >= 4 is 17.6 Å². The molecule has 1 N–H and O–H groups in total. The van der Waals surface area contributed by atoms with Crippen LogP contribution in [0.3, 0.4) is 0 Å². The van der Waals surface area contributed by atoms with Crippen LogP contribution in [0.4, 0.5) is 14.9 Å². The molecule has 2 aromatic carbocycles. The van der Waals surface area contributed by atoms with Crippen LogP contribution in [0.5, 0.6) is 0 Å². The topological polar surface area (TPSA) is 52.7 Å². The van der Waals surface area contributed by atoms with Crippen LogP contribution in [0.15, 0.2) is 48.5 Å². The molecule has 136 valence electrons. The number of nitrogens with one attached hydrogen (secondary N) is 1. The first-order chi connectivity index (χ1) is 12.5. The summed E-state index contributed by atoms with van der Waals surface area (Å²) in [5, 5.41) is 2.71. The monoisotopic (exact) mass is 355 g/mol. The molecule has 0 radical (unpaired) electrons. The number of benzene rings is 2. The van der Waals surface area contributed by atoms with Crippen LogP contribution in [0.2, 0.25) is 0 Å². The highest BCUT2D eigenvalue weighted by Gasteiger charge is 2.23. The van der Waals surface area contributed by atoms with Gasteiger partial charge in [-0.25, -0.2) is 9.18 Å². The van der Waals surface area contributed by atoms with E-state index in [1.807, 2.05) is 31.2 Å². The zero-order valence-corrected chi connectivity index (χ0v) is 14.7. The third kappa shape index (κ3) is 4.39. The Bertz CT molecular complexity index is 809. The predicted molar refractivity (Wildman–Crippen MR) is 98.7 cm³/mol. The number of aryl methyl sites for hydroxylation is 1. The van der Waals surface area contributed by atoms with Crippen molar-refractivity contribution in [1.82, 2.24) is 9.80 Å². The molecule has 0 aromatic heterocycles. The first-order valence-corrected chi connectivity index (χ1v) is 8.70. The van der Waals surface area contributed by atoms with Gasteiger partial charge in [0, 0.05) is 37.4 Å². The van der Waals surface area contributed by atoms with Crippen LogP contribution in [-0.4, -0.2) is 47.9 Å². The van der Waals surface area contributed by atoms with Crippen molar-refractivity contribution in [1.29, 1.82) is 0 Å².